The molecular weight excluding hydrogens is 326 g/mol. The molecule has 0 saturated carbocycles. The average Bonchev–Trinajstić information content (AvgIpc) is 3.06. The molecular formula is C19H22ClNO3. The molecule has 2 N–H and O–H groups in total. The second-order valence-corrected chi connectivity index (χ2v) is 6.27. The van der Waals surface area contributed by atoms with Crippen LogP contribution in [0.1, 0.15) is 30.4 Å². The van der Waals surface area contributed by atoms with Crippen LogP contribution in [0.5, 0.6) is 17.2 Å². The Morgan fingerprint density at radius 3 is 2.75 bits per heavy atom. The van der Waals surface area contributed by atoms with Gasteiger partial charge in [0.1, 0.15) is 5.75 Å². The zero-order chi connectivity index (χ0) is 16.9. The Labute approximate surface area is 147 Å². The number of halogens is 1. The van der Waals surface area contributed by atoms with Gasteiger partial charge in [-0.15, -0.1) is 0 Å². The Morgan fingerprint density at radius 1 is 1.17 bits per heavy atom. The summed E-state index contributed by atoms with van der Waals surface area (Å²) in [5.41, 5.74) is 8.28. The van der Waals surface area contributed by atoms with Gasteiger partial charge in [0.25, 0.3) is 0 Å². The van der Waals surface area contributed by atoms with Gasteiger partial charge in [0.05, 0.1) is 11.6 Å². The SMILES string of the molecule is CCCOc1ccc(CC(CN)c2ccc3c(c2)OCO3)cc1Cl. The number of benzene rings is 2. The zero-order valence-corrected chi connectivity index (χ0v) is 14.5. The molecule has 3 rings (SSSR count). The van der Waals surface area contributed by atoms with E-state index < -0.39 is 0 Å². The van der Waals surface area contributed by atoms with Gasteiger partial charge >= 0.3 is 0 Å². The molecule has 0 aromatic heterocycles. The van der Waals surface area contributed by atoms with Crippen LogP contribution in [-0.2, 0) is 6.42 Å². The Hall–Kier alpha value is -1.91. The van der Waals surface area contributed by atoms with Crippen molar-refractivity contribution in [3.63, 3.8) is 0 Å². The summed E-state index contributed by atoms with van der Waals surface area (Å²) in [5.74, 6) is 2.50. The van der Waals surface area contributed by atoms with Gasteiger partial charge in [0, 0.05) is 5.92 Å². The van der Waals surface area contributed by atoms with E-state index in [1.807, 2.05) is 36.4 Å². The molecule has 1 aliphatic rings. The quantitative estimate of drug-likeness (QED) is 0.817. The highest BCUT2D eigenvalue weighted by Gasteiger charge is 2.18. The first-order chi connectivity index (χ1) is 11.7. The lowest BCUT2D eigenvalue weighted by molar-refractivity contribution is 0.174. The van der Waals surface area contributed by atoms with Gasteiger partial charge in [-0.05, 0) is 54.8 Å². The molecule has 2 aromatic rings. The summed E-state index contributed by atoms with van der Waals surface area (Å²) < 4.78 is 16.4. The molecule has 0 bridgehead atoms. The van der Waals surface area contributed by atoms with Gasteiger partial charge in [-0.25, -0.2) is 0 Å². The fourth-order valence-corrected chi connectivity index (χ4v) is 3.05. The maximum atomic E-state index is 6.32. The summed E-state index contributed by atoms with van der Waals surface area (Å²) in [4.78, 5) is 0. The molecule has 5 heteroatoms. The van der Waals surface area contributed by atoms with E-state index in [-0.39, 0.29) is 12.7 Å². The Morgan fingerprint density at radius 2 is 2.00 bits per heavy atom. The van der Waals surface area contributed by atoms with E-state index in [1.165, 1.54) is 0 Å². The number of fused-ring (bicyclic) bond motifs is 1. The molecule has 0 spiro atoms. The van der Waals surface area contributed by atoms with E-state index >= 15 is 0 Å². The number of hydrogen-bond donors (Lipinski definition) is 1. The zero-order valence-electron chi connectivity index (χ0n) is 13.8. The normalized spacial score (nSPS) is 13.8. The van der Waals surface area contributed by atoms with Crippen molar-refractivity contribution in [2.45, 2.75) is 25.7 Å². The first-order valence-corrected chi connectivity index (χ1v) is 8.60. The summed E-state index contributed by atoms with van der Waals surface area (Å²) in [7, 11) is 0. The van der Waals surface area contributed by atoms with Crippen molar-refractivity contribution in [3.05, 3.63) is 52.5 Å². The maximum absolute atomic E-state index is 6.32. The highest BCUT2D eigenvalue weighted by atomic mass is 35.5. The summed E-state index contributed by atoms with van der Waals surface area (Å²) in [6.07, 6.45) is 1.77. The van der Waals surface area contributed by atoms with Gasteiger partial charge in [-0.3, -0.25) is 0 Å². The molecule has 0 fully saturated rings. The van der Waals surface area contributed by atoms with Crippen molar-refractivity contribution in [1.82, 2.24) is 0 Å². The van der Waals surface area contributed by atoms with Crippen molar-refractivity contribution < 1.29 is 14.2 Å². The third-order valence-corrected chi connectivity index (χ3v) is 4.39. The maximum Gasteiger partial charge on any atom is 0.231 e. The van der Waals surface area contributed by atoms with Gasteiger partial charge in [0.15, 0.2) is 11.5 Å². The van der Waals surface area contributed by atoms with E-state index in [0.717, 1.165) is 41.2 Å². The first kappa shape index (κ1) is 16.9. The van der Waals surface area contributed by atoms with Crippen LogP contribution in [0.4, 0.5) is 0 Å². The fourth-order valence-electron chi connectivity index (χ4n) is 2.79. The summed E-state index contributed by atoms with van der Waals surface area (Å²) >= 11 is 6.32. The van der Waals surface area contributed by atoms with Gasteiger partial charge < -0.3 is 19.9 Å². The molecule has 0 radical (unpaired) electrons. The number of rotatable bonds is 7. The Balaban J connectivity index is 1.74. The van der Waals surface area contributed by atoms with E-state index in [1.54, 1.807) is 0 Å². The largest absolute Gasteiger partial charge is 0.492 e. The lowest BCUT2D eigenvalue weighted by Gasteiger charge is -2.17. The molecule has 0 saturated heterocycles. The Bertz CT molecular complexity index is 705. The lowest BCUT2D eigenvalue weighted by Crippen LogP contribution is -2.15. The number of ether oxygens (including phenoxy) is 3. The summed E-state index contributed by atoms with van der Waals surface area (Å²) in [6, 6.07) is 11.9. The molecule has 0 amide bonds. The molecule has 2 aromatic carbocycles. The van der Waals surface area contributed by atoms with E-state index in [0.29, 0.717) is 18.2 Å². The highest BCUT2D eigenvalue weighted by Crippen LogP contribution is 2.35. The van der Waals surface area contributed by atoms with E-state index in [4.69, 9.17) is 31.5 Å². The third-order valence-electron chi connectivity index (χ3n) is 4.09. The van der Waals surface area contributed by atoms with Crippen molar-refractivity contribution >= 4 is 11.6 Å². The number of nitrogens with two attached hydrogens (primary N) is 1. The summed E-state index contributed by atoms with van der Waals surface area (Å²) in [5, 5.41) is 0.641. The van der Waals surface area contributed by atoms with E-state index in [2.05, 4.69) is 6.92 Å². The number of hydrogen-bond acceptors (Lipinski definition) is 4. The molecule has 0 aliphatic carbocycles. The molecule has 1 aliphatic heterocycles. The minimum absolute atomic E-state index is 0.193. The summed E-state index contributed by atoms with van der Waals surface area (Å²) in [6.45, 7) is 3.56. The molecule has 128 valence electrons. The topological polar surface area (TPSA) is 53.7 Å². The molecule has 1 atom stereocenters. The predicted octanol–water partition coefficient (Wildman–Crippen LogP) is 4.14. The standard InChI is InChI=1S/C19H22ClNO3/c1-2-7-22-17-5-3-13(9-16(17)20)8-15(11-21)14-4-6-18-19(10-14)24-12-23-18/h3-6,9-10,15H,2,7-8,11-12,21H2,1H3. The monoisotopic (exact) mass is 347 g/mol. The average molecular weight is 348 g/mol. The molecule has 1 heterocycles. The van der Waals surface area contributed by atoms with Crippen LogP contribution >= 0.6 is 11.6 Å². The van der Waals surface area contributed by atoms with Crippen LogP contribution in [-0.4, -0.2) is 19.9 Å². The second kappa shape index (κ2) is 7.77. The van der Waals surface area contributed by atoms with E-state index in [9.17, 15) is 0 Å². The van der Waals surface area contributed by atoms with Gasteiger partial charge in [0.2, 0.25) is 6.79 Å². The Kier molecular flexibility index (Phi) is 5.48. The molecule has 4 nitrogen and oxygen atoms in total. The lowest BCUT2D eigenvalue weighted by atomic mass is 9.92. The minimum Gasteiger partial charge on any atom is -0.492 e. The van der Waals surface area contributed by atoms with Crippen LogP contribution in [0.3, 0.4) is 0 Å². The van der Waals surface area contributed by atoms with Crippen LogP contribution in [0, 0.1) is 0 Å². The molecule has 24 heavy (non-hydrogen) atoms. The highest BCUT2D eigenvalue weighted by molar-refractivity contribution is 6.32. The van der Waals surface area contributed by atoms with Crippen LogP contribution < -0.4 is 19.9 Å². The smallest absolute Gasteiger partial charge is 0.231 e. The fraction of sp³-hybridized carbons (Fsp3) is 0.368. The molecule has 1 unspecified atom stereocenters. The second-order valence-electron chi connectivity index (χ2n) is 5.86. The van der Waals surface area contributed by atoms with Crippen LogP contribution in [0.25, 0.3) is 0 Å². The van der Waals surface area contributed by atoms with Gasteiger partial charge in [-0.1, -0.05) is 30.7 Å². The first-order valence-electron chi connectivity index (χ1n) is 8.22. The van der Waals surface area contributed by atoms with Crippen molar-refractivity contribution in [2.24, 2.45) is 5.73 Å². The predicted molar refractivity (Wildman–Crippen MR) is 95.3 cm³/mol. The van der Waals surface area contributed by atoms with Crippen molar-refractivity contribution in [2.75, 3.05) is 19.9 Å². The van der Waals surface area contributed by atoms with Crippen LogP contribution in [0.15, 0.2) is 36.4 Å². The van der Waals surface area contributed by atoms with Crippen LogP contribution in [0.2, 0.25) is 5.02 Å². The van der Waals surface area contributed by atoms with Crippen molar-refractivity contribution in [3.8, 4) is 17.2 Å². The minimum atomic E-state index is 0.193. The third kappa shape index (κ3) is 3.77. The van der Waals surface area contributed by atoms with Crippen molar-refractivity contribution in [1.29, 1.82) is 0 Å². The van der Waals surface area contributed by atoms with Gasteiger partial charge in [-0.2, -0.15) is 0 Å².